The predicted molar refractivity (Wildman–Crippen MR) is 134 cm³/mol. The van der Waals surface area contributed by atoms with E-state index in [9.17, 15) is 4.79 Å². The summed E-state index contributed by atoms with van der Waals surface area (Å²) < 4.78 is 16.9. The molecule has 2 aromatic rings. The van der Waals surface area contributed by atoms with Crippen molar-refractivity contribution >= 4 is 11.6 Å². The second-order valence-corrected chi connectivity index (χ2v) is 9.36. The number of nitrogens with zero attached hydrogens (tertiary/aromatic N) is 2. The van der Waals surface area contributed by atoms with Crippen LogP contribution < -0.4 is 24.4 Å². The Balaban J connectivity index is 1.34. The molecule has 1 saturated heterocycles. The normalized spacial score (nSPS) is 17.6. The maximum absolute atomic E-state index is 13.0. The van der Waals surface area contributed by atoms with Crippen LogP contribution in [0.1, 0.15) is 38.3 Å². The van der Waals surface area contributed by atoms with Crippen LogP contribution in [0.4, 0.5) is 5.69 Å². The molecule has 0 spiro atoms. The number of rotatable bonds is 7. The van der Waals surface area contributed by atoms with Gasteiger partial charge in [-0.3, -0.25) is 9.69 Å². The van der Waals surface area contributed by atoms with Gasteiger partial charge in [-0.05, 0) is 54.3 Å². The third-order valence-electron chi connectivity index (χ3n) is 6.51. The van der Waals surface area contributed by atoms with Gasteiger partial charge in [-0.15, -0.1) is 0 Å². The highest BCUT2D eigenvalue weighted by atomic mass is 16.5. The highest BCUT2D eigenvalue weighted by molar-refractivity contribution is 5.78. The van der Waals surface area contributed by atoms with Crippen LogP contribution in [-0.4, -0.2) is 63.9 Å². The van der Waals surface area contributed by atoms with Crippen molar-refractivity contribution in [3.63, 3.8) is 0 Å². The molecular weight excluding hydrogens is 430 g/mol. The lowest BCUT2D eigenvalue weighted by Gasteiger charge is -2.26. The van der Waals surface area contributed by atoms with Gasteiger partial charge in [0.1, 0.15) is 5.75 Å². The summed E-state index contributed by atoms with van der Waals surface area (Å²) in [7, 11) is 1.68. The Morgan fingerprint density at radius 2 is 1.74 bits per heavy atom. The van der Waals surface area contributed by atoms with Gasteiger partial charge >= 0.3 is 0 Å². The minimum Gasteiger partial charge on any atom is -0.497 e. The van der Waals surface area contributed by atoms with Crippen molar-refractivity contribution in [2.24, 2.45) is 5.92 Å². The minimum atomic E-state index is -0.0765. The number of methoxy groups -OCH3 is 1. The van der Waals surface area contributed by atoms with Gasteiger partial charge in [-0.2, -0.15) is 0 Å². The molecule has 2 aromatic carbocycles. The van der Waals surface area contributed by atoms with Crippen LogP contribution in [0, 0.1) is 5.92 Å². The molecule has 0 aliphatic carbocycles. The molecule has 0 radical (unpaired) electrons. The second-order valence-electron chi connectivity index (χ2n) is 9.36. The number of hydrogen-bond acceptors (Lipinski definition) is 6. The van der Waals surface area contributed by atoms with Gasteiger partial charge in [0.05, 0.1) is 32.9 Å². The topological polar surface area (TPSA) is 63.3 Å². The average molecular weight is 468 g/mol. The summed E-state index contributed by atoms with van der Waals surface area (Å²) in [6, 6.07) is 14.1. The van der Waals surface area contributed by atoms with Gasteiger partial charge < -0.3 is 24.4 Å². The van der Waals surface area contributed by atoms with Gasteiger partial charge in [0.2, 0.25) is 5.91 Å². The third-order valence-corrected chi connectivity index (χ3v) is 6.51. The highest BCUT2D eigenvalue weighted by Crippen LogP contribution is 2.34. The van der Waals surface area contributed by atoms with Crippen LogP contribution in [0.3, 0.4) is 0 Å². The average Bonchev–Trinajstić information content (AvgIpc) is 3.22. The quantitative estimate of drug-likeness (QED) is 0.667. The first-order valence-electron chi connectivity index (χ1n) is 12.3. The lowest BCUT2D eigenvalue weighted by Crippen LogP contribution is -2.41. The van der Waals surface area contributed by atoms with E-state index >= 15 is 0 Å². The van der Waals surface area contributed by atoms with Crippen LogP contribution in [0.5, 0.6) is 17.2 Å². The Kier molecular flexibility index (Phi) is 8.16. The van der Waals surface area contributed by atoms with Gasteiger partial charge in [0.15, 0.2) is 11.5 Å². The van der Waals surface area contributed by atoms with Crippen molar-refractivity contribution in [1.29, 1.82) is 0 Å². The first kappa shape index (κ1) is 24.2. The number of fused-ring (bicyclic) bond motifs is 1. The zero-order valence-electron chi connectivity index (χ0n) is 20.6. The van der Waals surface area contributed by atoms with Crippen LogP contribution >= 0.6 is 0 Å². The standard InChI is InChI=1S/C27H37N3O4/c1-20(2)27(21-6-11-24-25(18-21)34-17-5-16-33-24)28-26(31)19-29-12-4-13-30(15-14-29)22-7-9-23(32-3)10-8-22/h6-11,18,20,27H,4-5,12-17,19H2,1-3H3,(H,28,31). The SMILES string of the molecule is COc1ccc(N2CCCN(CC(=O)NC(c3ccc4c(c3)OCCCO4)C(C)C)CC2)cc1. The van der Waals surface area contributed by atoms with Crippen molar-refractivity contribution < 1.29 is 19.0 Å². The summed E-state index contributed by atoms with van der Waals surface area (Å²) in [5.74, 6) is 2.72. The van der Waals surface area contributed by atoms with Crippen molar-refractivity contribution in [2.45, 2.75) is 32.7 Å². The van der Waals surface area contributed by atoms with Crippen molar-refractivity contribution in [1.82, 2.24) is 10.2 Å². The Hall–Kier alpha value is -2.93. The predicted octanol–water partition coefficient (Wildman–Crippen LogP) is 3.88. The second kappa shape index (κ2) is 11.5. The molecule has 1 atom stereocenters. The number of benzene rings is 2. The fraction of sp³-hybridized carbons (Fsp3) is 0.519. The number of amides is 1. The lowest BCUT2D eigenvalue weighted by molar-refractivity contribution is -0.123. The molecule has 0 aromatic heterocycles. The number of anilines is 1. The van der Waals surface area contributed by atoms with Crippen LogP contribution in [0.25, 0.3) is 0 Å². The molecule has 1 N–H and O–H groups in total. The van der Waals surface area contributed by atoms with Gasteiger partial charge in [-0.25, -0.2) is 0 Å². The third kappa shape index (κ3) is 6.14. The summed E-state index contributed by atoms with van der Waals surface area (Å²) in [6.07, 6.45) is 1.90. The summed E-state index contributed by atoms with van der Waals surface area (Å²) in [6.45, 7) is 9.64. The molecule has 4 rings (SSSR count). The molecule has 184 valence electrons. The number of hydrogen-bond donors (Lipinski definition) is 1. The molecule has 0 saturated carbocycles. The maximum Gasteiger partial charge on any atom is 0.234 e. The fourth-order valence-electron chi connectivity index (χ4n) is 4.61. The smallest absolute Gasteiger partial charge is 0.234 e. The number of nitrogens with one attached hydrogen (secondary N) is 1. The van der Waals surface area contributed by atoms with E-state index in [4.69, 9.17) is 14.2 Å². The van der Waals surface area contributed by atoms with E-state index in [1.165, 1.54) is 5.69 Å². The molecule has 2 heterocycles. The number of ether oxygens (including phenoxy) is 3. The first-order chi connectivity index (χ1) is 16.5. The number of carbonyl (C=O) groups is 1. The van der Waals surface area contributed by atoms with E-state index in [1.54, 1.807) is 7.11 Å². The largest absolute Gasteiger partial charge is 0.497 e. The van der Waals surface area contributed by atoms with Crippen LogP contribution in [0.2, 0.25) is 0 Å². The first-order valence-corrected chi connectivity index (χ1v) is 12.3. The van der Waals surface area contributed by atoms with Gasteiger partial charge in [0.25, 0.3) is 0 Å². The highest BCUT2D eigenvalue weighted by Gasteiger charge is 2.23. The van der Waals surface area contributed by atoms with E-state index in [2.05, 4.69) is 41.1 Å². The summed E-state index contributed by atoms with van der Waals surface area (Å²) in [4.78, 5) is 17.7. The van der Waals surface area contributed by atoms with E-state index in [0.717, 1.165) is 61.8 Å². The minimum absolute atomic E-state index is 0.0590. The Morgan fingerprint density at radius 1 is 0.971 bits per heavy atom. The van der Waals surface area contributed by atoms with E-state index in [0.29, 0.717) is 19.8 Å². The molecule has 34 heavy (non-hydrogen) atoms. The van der Waals surface area contributed by atoms with E-state index < -0.39 is 0 Å². The molecule has 7 nitrogen and oxygen atoms in total. The molecule has 1 fully saturated rings. The Morgan fingerprint density at radius 3 is 2.47 bits per heavy atom. The van der Waals surface area contributed by atoms with Crippen molar-refractivity contribution in [2.75, 3.05) is 57.9 Å². The van der Waals surface area contributed by atoms with Crippen LogP contribution in [-0.2, 0) is 4.79 Å². The molecule has 2 aliphatic rings. The van der Waals surface area contributed by atoms with Crippen LogP contribution in [0.15, 0.2) is 42.5 Å². The Labute approximate surface area is 203 Å². The monoisotopic (exact) mass is 467 g/mol. The molecule has 2 aliphatic heterocycles. The van der Waals surface area contributed by atoms with Crippen molar-refractivity contribution in [3.8, 4) is 17.2 Å². The van der Waals surface area contributed by atoms with Gasteiger partial charge in [0, 0.05) is 38.3 Å². The zero-order chi connectivity index (χ0) is 23.9. The zero-order valence-corrected chi connectivity index (χ0v) is 20.6. The molecular formula is C27H37N3O4. The molecule has 1 unspecified atom stereocenters. The van der Waals surface area contributed by atoms with Gasteiger partial charge in [-0.1, -0.05) is 19.9 Å². The van der Waals surface area contributed by atoms with Crippen molar-refractivity contribution in [3.05, 3.63) is 48.0 Å². The fourth-order valence-corrected chi connectivity index (χ4v) is 4.61. The van der Waals surface area contributed by atoms with E-state index in [-0.39, 0.29) is 17.9 Å². The Bertz CT molecular complexity index is 947. The maximum atomic E-state index is 13.0. The molecule has 1 amide bonds. The summed E-state index contributed by atoms with van der Waals surface area (Å²) in [5, 5.41) is 3.27. The molecule has 0 bridgehead atoms. The summed E-state index contributed by atoms with van der Waals surface area (Å²) >= 11 is 0. The molecule has 7 heteroatoms. The van der Waals surface area contributed by atoms with E-state index in [1.807, 2.05) is 30.3 Å². The summed E-state index contributed by atoms with van der Waals surface area (Å²) in [5.41, 5.74) is 2.25. The number of carbonyl (C=O) groups excluding carboxylic acids is 1. The lowest BCUT2D eigenvalue weighted by atomic mass is 9.95.